The number of amides is 2. The maximum Gasteiger partial charge on any atom is 0.414 e. The molecule has 8 heteroatoms. The van der Waals surface area contributed by atoms with Crippen LogP contribution in [0.1, 0.15) is 48.0 Å². The van der Waals surface area contributed by atoms with Gasteiger partial charge in [-0.05, 0) is 37.1 Å². The number of nitrogens with one attached hydrogen (secondary N) is 2. The molecule has 150 valence electrons. The molecule has 0 saturated carbocycles. The number of H-pyrrole nitrogens is 1. The number of hydrogen-bond donors (Lipinski definition) is 2. The maximum absolute atomic E-state index is 12.6. The third-order valence-corrected chi connectivity index (χ3v) is 4.25. The molecule has 28 heavy (non-hydrogen) atoms. The first-order valence-electron chi connectivity index (χ1n) is 9.23. The van der Waals surface area contributed by atoms with Crippen molar-refractivity contribution < 1.29 is 19.1 Å². The minimum absolute atomic E-state index is 0.142. The molecule has 0 aliphatic carbocycles. The van der Waals surface area contributed by atoms with Crippen molar-refractivity contribution in [3.05, 3.63) is 47.0 Å². The molecule has 1 unspecified atom stereocenters. The van der Waals surface area contributed by atoms with E-state index >= 15 is 0 Å². The number of cyclic esters (lactones) is 1. The molecule has 1 aliphatic rings. The van der Waals surface area contributed by atoms with Gasteiger partial charge < -0.3 is 15.0 Å². The van der Waals surface area contributed by atoms with Crippen LogP contribution in [-0.4, -0.2) is 46.9 Å². The summed E-state index contributed by atoms with van der Waals surface area (Å²) < 4.78 is 5.29. The topological polar surface area (TPSA) is 104 Å². The number of ketones is 1. The van der Waals surface area contributed by atoms with Crippen molar-refractivity contribution in [2.24, 2.45) is 0 Å². The van der Waals surface area contributed by atoms with E-state index in [0.717, 1.165) is 11.1 Å². The molecular weight excluding hydrogens is 360 g/mol. The van der Waals surface area contributed by atoms with Gasteiger partial charge in [-0.3, -0.25) is 14.5 Å². The van der Waals surface area contributed by atoms with Gasteiger partial charge in [0.05, 0.1) is 25.6 Å². The zero-order chi connectivity index (χ0) is 20.8. The number of anilines is 1. The molecule has 3 rings (SSSR count). The first-order valence-corrected chi connectivity index (χ1v) is 9.23. The van der Waals surface area contributed by atoms with E-state index in [1.807, 2.05) is 27.7 Å². The number of carbonyl (C=O) groups excluding carboxylic acids is 3. The predicted molar refractivity (Wildman–Crippen MR) is 106 cm³/mol. The summed E-state index contributed by atoms with van der Waals surface area (Å²) in [4.78, 5) is 44.0. The summed E-state index contributed by atoms with van der Waals surface area (Å²) in [5.74, 6) is -0.315. The lowest BCUT2D eigenvalue weighted by atomic mass is 9.96. The van der Waals surface area contributed by atoms with E-state index in [-0.39, 0.29) is 18.2 Å². The summed E-state index contributed by atoms with van der Waals surface area (Å²) in [5, 5.41) is 2.65. The smallest absolute Gasteiger partial charge is 0.414 e. The number of hydrogen-bond acceptors (Lipinski definition) is 5. The second kappa shape index (κ2) is 9.16. The van der Waals surface area contributed by atoms with E-state index < -0.39 is 12.2 Å². The molecule has 2 N–H and O–H groups in total. The third kappa shape index (κ3) is 4.57. The molecule has 0 radical (unpaired) electrons. The number of imidazole rings is 1. The summed E-state index contributed by atoms with van der Waals surface area (Å²) in [6, 6.07) is 3.58. The van der Waals surface area contributed by atoms with Crippen molar-refractivity contribution in [3.8, 4) is 0 Å². The Bertz CT molecular complexity index is 838. The largest absolute Gasteiger partial charge is 0.442 e. The van der Waals surface area contributed by atoms with Crippen LogP contribution in [0.15, 0.2) is 24.7 Å². The van der Waals surface area contributed by atoms with E-state index in [0.29, 0.717) is 23.5 Å². The quantitative estimate of drug-likeness (QED) is 0.769. The van der Waals surface area contributed by atoms with E-state index in [4.69, 9.17) is 4.74 Å². The number of carbonyl (C=O) groups is 3. The van der Waals surface area contributed by atoms with Crippen molar-refractivity contribution >= 4 is 23.5 Å². The Hall–Kier alpha value is -3.16. The average molecular weight is 386 g/mol. The molecule has 0 bridgehead atoms. The number of aromatic nitrogens is 2. The standard InChI is InChI=1S/C18H20N4O4.C2H6/c1-10-4-13(22-8-14(26-18(22)25)6-20-12(3)23)5-11(2)16(10)17(24)15-7-19-9-21-15;1-2/h4-5,7,9,14H,6,8H2,1-3H3,(H,19,21)(H,20,23);1-2H3. The molecule has 1 atom stereocenters. The molecule has 1 aliphatic heterocycles. The van der Waals surface area contributed by atoms with Crippen molar-refractivity contribution in [2.75, 3.05) is 18.0 Å². The number of nitrogens with zero attached hydrogens (tertiary/aromatic N) is 2. The highest BCUT2D eigenvalue weighted by molar-refractivity contribution is 6.10. The maximum atomic E-state index is 12.6. The van der Waals surface area contributed by atoms with Crippen LogP contribution >= 0.6 is 0 Å². The van der Waals surface area contributed by atoms with Gasteiger partial charge in [0.2, 0.25) is 11.7 Å². The predicted octanol–water partition coefficient (Wildman–Crippen LogP) is 2.75. The van der Waals surface area contributed by atoms with Gasteiger partial charge in [-0.25, -0.2) is 9.78 Å². The highest BCUT2D eigenvalue weighted by Crippen LogP contribution is 2.28. The van der Waals surface area contributed by atoms with Crippen LogP contribution in [0.2, 0.25) is 0 Å². The van der Waals surface area contributed by atoms with Gasteiger partial charge in [-0.1, -0.05) is 13.8 Å². The zero-order valence-electron chi connectivity index (χ0n) is 16.8. The van der Waals surface area contributed by atoms with Crippen LogP contribution in [0.5, 0.6) is 0 Å². The molecule has 1 aromatic heterocycles. The van der Waals surface area contributed by atoms with E-state index in [9.17, 15) is 14.4 Å². The number of aryl methyl sites for hydroxylation is 2. The van der Waals surface area contributed by atoms with Crippen LogP contribution in [0.4, 0.5) is 10.5 Å². The molecule has 2 heterocycles. The molecule has 2 aromatic rings. The van der Waals surface area contributed by atoms with Crippen molar-refractivity contribution in [3.63, 3.8) is 0 Å². The average Bonchev–Trinajstić information content (AvgIpc) is 3.30. The summed E-state index contributed by atoms with van der Waals surface area (Å²) in [6.45, 7) is 9.68. The Morgan fingerprint density at radius 3 is 2.46 bits per heavy atom. The number of ether oxygens (including phenoxy) is 1. The van der Waals surface area contributed by atoms with Crippen LogP contribution in [0.25, 0.3) is 0 Å². The molecular formula is C20H26N4O4. The second-order valence-corrected chi connectivity index (χ2v) is 6.30. The van der Waals surface area contributed by atoms with Crippen LogP contribution < -0.4 is 10.2 Å². The fourth-order valence-corrected chi connectivity index (χ4v) is 3.07. The van der Waals surface area contributed by atoms with Gasteiger partial charge in [-0.2, -0.15) is 0 Å². The summed E-state index contributed by atoms with van der Waals surface area (Å²) in [7, 11) is 0. The summed E-state index contributed by atoms with van der Waals surface area (Å²) in [5.41, 5.74) is 3.19. The number of rotatable bonds is 5. The highest BCUT2D eigenvalue weighted by Gasteiger charge is 2.33. The first kappa shape index (κ1) is 21.1. The van der Waals surface area contributed by atoms with Crippen molar-refractivity contribution in [1.82, 2.24) is 15.3 Å². The fraction of sp³-hybridized carbons (Fsp3) is 0.400. The van der Waals surface area contributed by atoms with Crippen LogP contribution in [-0.2, 0) is 9.53 Å². The van der Waals surface area contributed by atoms with Gasteiger partial charge >= 0.3 is 6.09 Å². The van der Waals surface area contributed by atoms with Gasteiger partial charge in [0.25, 0.3) is 0 Å². The Morgan fingerprint density at radius 2 is 1.93 bits per heavy atom. The van der Waals surface area contributed by atoms with Gasteiger partial charge in [-0.15, -0.1) is 0 Å². The Kier molecular flexibility index (Phi) is 6.92. The van der Waals surface area contributed by atoms with Gasteiger partial charge in [0.15, 0.2) is 0 Å². The molecule has 0 spiro atoms. The summed E-state index contributed by atoms with van der Waals surface area (Å²) >= 11 is 0. The second-order valence-electron chi connectivity index (χ2n) is 6.30. The van der Waals surface area contributed by atoms with Crippen LogP contribution in [0, 0.1) is 13.8 Å². The zero-order valence-corrected chi connectivity index (χ0v) is 16.8. The minimum Gasteiger partial charge on any atom is -0.442 e. The fourth-order valence-electron chi connectivity index (χ4n) is 3.07. The van der Waals surface area contributed by atoms with E-state index in [2.05, 4.69) is 15.3 Å². The number of aromatic amines is 1. The lowest BCUT2D eigenvalue weighted by Gasteiger charge is -2.17. The molecule has 1 aromatic carbocycles. The van der Waals surface area contributed by atoms with Crippen molar-refractivity contribution in [1.29, 1.82) is 0 Å². The van der Waals surface area contributed by atoms with Gasteiger partial charge in [0.1, 0.15) is 11.8 Å². The highest BCUT2D eigenvalue weighted by atomic mass is 16.6. The Balaban J connectivity index is 0.00000136. The van der Waals surface area contributed by atoms with Gasteiger partial charge in [0, 0.05) is 18.2 Å². The summed E-state index contributed by atoms with van der Waals surface area (Å²) in [6.07, 6.45) is 2.08. The first-order chi connectivity index (χ1) is 13.4. The lowest BCUT2D eigenvalue weighted by Crippen LogP contribution is -2.33. The Labute approximate surface area is 164 Å². The van der Waals surface area contributed by atoms with Crippen molar-refractivity contribution in [2.45, 2.75) is 40.7 Å². The molecule has 2 amide bonds. The monoisotopic (exact) mass is 386 g/mol. The molecule has 1 saturated heterocycles. The molecule has 1 fully saturated rings. The molecule has 8 nitrogen and oxygen atoms in total. The van der Waals surface area contributed by atoms with E-state index in [1.165, 1.54) is 24.3 Å². The van der Waals surface area contributed by atoms with E-state index in [1.54, 1.807) is 12.1 Å². The minimum atomic E-state index is -0.466. The lowest BCUT2D eigenvalue weighted by molar-refractivity contribution is -0.119. The van der Waals surface area contributed by atoms with Crippen LogP contribution in [0.3, 0.4) is 0 Å². The normalized spacial score (nSPS) is 15.5. The third-order valence-electron chi connectivity index (χ3n) is 4.25. The number of benzene rings is 1. The SMILES string of the molecule is CC.CC(=O)NCC1CN(c2cc(C)c(C(=O)c3cnc[nH]3)c(C)c2)C(=O)O1. The Morgan fingerprint density at radius 1 is 1.29 bits per heavy atom.